The molecular formula is C12H21N3O3S2. The number of sulfonamides is 1. The lowest BCUT2D eigenvalue weighted by atomic mass is 10.3. The Hall–Kier alpha value is -0.990. The normalized spacial score (nSPS) is 14.8. The first-order valence-electron chi connectivity index (χ1n) is 6.38. The summed E-state index contributed by atoms with van der Waals surface area (Å²) in [6, 6.07) is 3.07. The molecule has 2 atom stereocenters. The summed E-state index contributed by atoms with van der Waals surface area (Å²) >= 11 is 0. The van der Waals surface area contributed by atoms with Crippen molar-refractivity contribution in [1.29, 1.82) is 0 Å². The minimum absolute atomic E-state index is 0.00804. The summed E-state index contributed by atoms with van der Waals surface area (Å²) in [6.07, 6.45) is 3.57. The quantitative estimate of drug-likeness (QED) is 0.745. The van der Waals surface area contributed by atoms with Crippen molar-refractivity contribution in [3.8, 4) is 0 Å². The van der Waals surface area contributed by atoms with Gasteiger partial charge in [-0.15, -0.1) is 0 Å². The van der Waals surface area contributed by atoms with E-state index in [2.05, 4.69) is 15.0 Å². The maximum Gasteiger partial charge on any atom is 0.260 e. The van der Waals surface area contributed by atoms with Crippen LogP contribution in [0.4, 0.5) is 5.69 Å². The zero-order valence-corrected chi connectivity index (χ0v) is 13.6. The largest absolute Gasteiger partial charge is 0.383 e. The highest BCUT2D eigenvalue weighted by atomic mass is 32.2. The Morgan fingerprint density at radius 3 is 2.75 bits per heavy atom. The molecule has 0 aromatic carbocycles. The van der Waals surface area contributed by atoms with Crippen LogP contribution in [-0.2, 0) is 20.8 Å². The van der Waals surface area contributed by atoms with Gasteiger partial charge in [-0.3, -0.25) is 4.21 Å². The molecule has 0 aliphatic carbocycles. The lowest BCUT2D eigenvalue weighted by Crippen LogP contribution is -2.34. The zero-order chi connectivity index (χ0) is 15.2. The SMILES string of the molecule is CCNc1cccnc1S(=O)(=O)NC(C)CCS(C)=O. The first kappa shape index (κ1) is 17.1. The number of rotatable bonds is 8. The lowest BCUT2D eigenvalue weighted by molar-refractivity contribution is 0.552. The molecule has 0 saturated carbocycles. The molecule has 1 aromatic rings. The third kappa shape index (κ3) is 5.18. The minimum atomic E-state index is -3.68. The number of pyridine rings is 1. The van der Waals surface area contributed by atoms with Gasteiger partial charge in [-0.2, -0.15) is 0 Å². The average molecular weight is 319 g/mol. The van der Waals surface area contributed by atoms with E-state index in [0.29, 0.717) is 24.4 Å². The van der Waals surface area contributed by atoms with E-state index in [-0.39, 0.29) is 11.1 Å². The Balaban J connectivity index is 2.85. The first-order chi connectivity index (χ1) is 9.36. The van der Waals surface area contributed by atoms with Gasteiger partial charge in [0.05, 0.1) is 5.69 Å². The molecule has 6 nitrogen and oxygen atoms in total. The summed E-state index contributed by atoms with van der Waals surface area (Å²) in [4.78, 5) is 3.94. The first-order valence-corrected chi connectivity index (χ1v) is 9.59. The molecule has 0 saturated heterocycles. The van der Waals surface area contributed by atoms with Gasteiger partial charge in [-0.05, 0) is 32.4 Å². The Morgan fingerprint density at radius 2 is 2.15 bits per heavy atom. The van der Waals surface area contributed by atoms with Crippen molar-refractivity contribution >= 4 is 26.5 Å². The molecule has 0 radical (unpaired) electrons. The second-order valence-electron chi connectivity index (χ2n) is 4.47. The molecular weight excluding hydrogens is 298 g/mol. The molecule has 1 aromatic heterocycles. The van der Waals surface area contributed by atoms with Crippen LogP contribution in [0.15, 0.2) is 23.4 Å². The molecule has 0 aliphatic heterocycles. The van der Waals surface area contributed by atoms with Gasteiger partial charge in [0.15, 0.2) is 5.03 Å². The summed E-state index contributed by atoms with van der Waals surface area (Å²) < 4.78 is 38.2. The number of nitrogens with zero attached hydrogens (tertiary/aromatic N) is 1. The molecule has 1 rings (SSSR count). The molecule has 114 valence electrons. The van der Waals surface area contributed by atoms with Gasteiger partial charge in [0, 0.05) is 41.6 Å². The van der Waals surface area contributed by atoms with E-state index in [4.69, 9.17) is 0 Å². The molecule has 0 fully saturated rings. The standard InChI is InChI=1S/C12H21N3O3S2/c1-4-13-11-6-5-8-14-12(11)20(17,18)15-10(2)7-9-19(3)16/h5-6,8,10,13,15H,4,7,9H2,1-3H3. The van der Waals surface area contributed by atoms with Gasteiger partial charge in [-0.1, -0.05) is 0 Å². The summed E-state index contributed by atoms with van der Waals surface area (Å²) in [7, 11) is -4.61. The summed E-state index contributed by atoms with van der Waals surface area (Å²) in [5.41, 5.74) is 0.480. The van der Waals surface area contributed by atoms with Crippen molar-refractivity contribution in [2.45, 2.75) is 31.3 Å². The molecule has 0 bridgehead atoms. The number of nitrogens with one attached hydrogen (secondary N) is 2. The van der Waals surface area contributed by atoms with Gasteiger partial charge in [-0.25, -0.2) is 18.1 Å². The summed E-state index contributed by atoms with van der Waals surface area (Å²) in [6.45, 7) is 4.24. The van der Waals surface area contributed by atoms with Crippen LogP contribution in [0.5, 0.6) is 0 Å². The smallest absolute Gasteiger partial charge is 0.260 e. The molecule has 2 N–H and O–H groups in total. The van der Waals surface area contributed by atoms with Gasteiger partial charge < -0.3 is 5.32 Å². The predicted octanol–water partition coefficient (Wildman–Crippen LogP) is 0.949. The highest BCUT2D eigenvalue weighted by Gasteiger charge is 2.22. The maximum atomic E-state index is 12.3. The van der Waals surface area contributed by atoms with Crippen LogP contribution < -0.4 is 10.0 Å². The Morgan fingerprint density at radius 1 is 1.45 bits per heavy atom. The van der Waals surface area contributed by atoms with E-state index < -0.39 is 20.8 Å². The van der Waals surface area contributed by atoms with Crippen LogP contribution in [0.2, 0.25) is 0 Å². The van der Waals surface area contributed by atoms with E-state index in [0.717, 1.165) is 0 Å². The van der Waals surface area contributed by atoms with Gasteiger partial charge in [0.1, 0.15) is 0 Å². The Bertz CT molecular complexity index is 561. The third-order valence-corrected chi connectivity index (χ3v) is 4.95. The third-order valence-electron chi connectivity index (χ3n) is 2.59. The summed E-state index contributed by atoms with van der Waals surface area (Å²) in [5, 5.41) is 2.97. The molecule has 0 aliphatic rings. The van der Waals surface area contributed by atoms with Crippen molar-refractivity contribution in [3.05, 3.63) is 18.3 Å². The maximum absolute atomic E-state index is 12.3. The minimum Gasteiger partial charge on any atom is -0.383 e. The van der Waals surface area contributed by atoms with Gasteiger partial charge in [0.2, 0.25) is 0 Å². The molecule has 0 amide bonds. The van der Waals surface area contributed by atoms with Crippen molar-refractivity contribution in [3.63, 3.8) is 0 Å². The molecule has 0 spiro atoms. The van der Waals surface area contributed by atoms with Crippen molar-refractivity contribution in [2.75, 3.05) is 23.9 Å². The average Bonchev–Trinajstić information content (AvgIpc) is 2.37. The van der Waals surface area contributed by atoms with Crippen LogP contribution in [0.1, 0.15) is 20.3 Å². The number of hydrogen-bond donors (Lipinski definition) is 2. The van der Waals surface area contributed by atoms with Crippen LogP contribution in [0, 0.1) is 0 Å². The Labute approximate surface area is 122 Å². The van der Waals surface area contributed by atoms with Gasteiger partial charge >= 0.3 is 0 Å². The molecule has 2 unspecified atom stereocenters. The fraction of sp³-hybridized carbons (Fsp3) is 0.583. The fourth-order valence-corrected chi connectivity index (χ4v) is 3.73. The van der Waals surface area contributed by atoms with Crippen molar-refractivity contribution < 1.29 is 12.6 Å². The van der Waals surface area contributed by atoms with E-state index in [1.54, 1.807) is 25.3 Å². The van der Waals surface area contributed by atoms with Crippen LogP contribution >= 0.6 is 0 Å². The van der Waals surface area contributed by atoms with E-state index in [9.17, 15) is 12.6 Å². The van der Waals surface area contributed by atoms with E-state index in [1.807, 2.05) is 6.92 Å². The van der Waals surface area contributed by atoms with Crippen molar-refractivity contribution in [2.24, 2.45) is 0 Å². The highest BCUT2D eigenvalue weighted by molar-refractivity contribution is 7.89. The van der Waals surface area contributed by atoms with Crippen LogP contribution in [0.25, 0.3) is 0 Å². The topological polar surface area (TPSA) is 88.2 Å². The summed E-state index contributed by atoms with van der Waals surface area (Å²) in [5.74, 6) is 0.464. The predicted molar refractivity (Wildman–Crippen MR) is 81.7 cm³/mol. The monoisotopic (exact) mass is 319 g/mol. The number of anilines is 1. The van der Waals surface area contributed by atoms with Crippen molar-refractivity contribution in [1.82, 2.24) is 9.71 Å². The number of aromatic nitrogens is 1. The molecule has 20 heavy (non-hydrogen) atoms. The number of hydrogen-bond acceptors (Lipinski definition) is 5. The zero-order valence-electron chi connectivity index (χ0n) is 11.9. The molecule has 1 heterocycles. The van der Waals surface area contributed by atoms with E-state index >= 15 is 0 Å². The molecule has 8 heteroatoms. The van der Waals surface area contributed by atoms with Crippen LogP contribution in [-0.4, -0.2) is 42.2 Å². The van der Waals surface area contributed by atoms with Gasteiger partial charge in [0.25, 0.3) is 10.0 Å². The fourth-order valence-electron chi connectivity index (χ4n) is 1.65. The lowest BCUT2D eigenvalue weighted by Gasteiger charge is -2.15. The van der Waals surface area contributed by atoms with E-state index in [1.165, 1.54) is 6.20 Å². The highest BCUT2D eigenvalue weighted by Crippen LogP contribution is 2.18. The second kappa shape index (κ2) is 7.70. The second-order valence-corrected chi connectivity index (χ2v) is 7.66. The van der Waals surface area contributed by atoms with Crippen LogP contribution in [0.3, 0.4) is 0 Å². The Kier molecular flexibility index (Phi) is 6.57.